The SMILES string of the molecule is CCOC(=O)c1cc(-c2ccccc2)c2cc(OC)c(OC)cc2n1. The Morgan fingerprint density at radius 3 is 2.32 bits per heavy atom. The summed E-state index contributed by atoms with van der Waals surface area (Å²) in [6.07, 6.45) is 0. The predicted octanol–water partition coefficient (Wildman–Crippen LogP) is 4.10. The number of carbonyl (C=O) groups is 1. The number of ether oxygens (including phenoxy) is 3. The van der Waals surface area contributed by atoms with Gasteiger partial charge in [-0.1, -0.05) is 30.3 Å². The third kappa shape index (κ3) is 3.26. The lowest BCUT2D eigenvalue weighted by molar-refractivity contribution is 0.0520. The summed E-state index contributed by atoms with van der Waals surface area (Å²) in [4.78, 5) is 16.7. The van der Waals surface area contributed by atoms with Gasteiger partial charge in [0.25, 0.3) is 0 Å². The van der Waals surface area contributed by atoms with E-state index in [9.17, 15) is 4.79 Å². The number of methoxy groups -OCH3 is 2. The molecule has 0 fully saturated rings. The smallest absolute Gasteiger partial charge is 0.356 e. The lowest BCUT2D eigenvalue weighted by Crippen LogP contribution is -2.08. The van der Waals surface area contributed by atoms with E-state index < -0.39 is 5.97 Å². The minimum Gasteiger partial charge on any atom is -0.493 e. The normalized spacial score (nSPS) is 10.5. The Morgan fingerprint density at radius 2 is 1.68 bits per heavy atom. The predicted molar refractivity (Wildman–Crippen MR) is 96.2 cm³/mol. The fraction of sp³-hybridized carbons (Fsp3) is 0.200. The Morgan fingerprint density at radius 1 is 1.00 bits per heavy atom. The Hall–Kier alpha value is -3.08. The van der Waals surface area contributed by atoms with E-state index in [0.29, 0.717) is 23.6 Å². The van der Waals surface area contributed by atoms with Gasteiger partial charge in [-0.3, -0.25) is 0 Å². The van der Waals surface area contributed by atoms with E-state index in [2.05, 4.69) is 4.98 Å². The van der Waals surface area contributed by atoms with Crippen LogP contribution in [0.5, 0.6) is 11.5 Å². The molecule has 0 bridgehead atoms. The Bertz CT molecular complexity index is 906. The van der Waals surface area contributed by atoms with Crippen molar-refractivity contribution in [2.75, 3.05) is 20.8 Å². The van der Waals surface area contributed by atoms with E-state index in [4.69, 9.17) is 14.2 Å². The number of aromatic nitrogens is 1. The van der Waals surface area contributed by atoms with Crippen LogP contribution in [0.25, 0.3) is 22.0 Å². The Kier molecular flexibility index (Phi) is 4.84. The molecule has 0 N–H and O–H groups in total. The second-order valence-electron chi connectivity index (χ2n) is 5.37. The van der Waals surface area contributed by atoms with Gasteiger partial charge in [-0.25, -0.2) is 9.78 Å². The molecule has 0 aliphatic carbocycles. The topological polar surface area (TPSA) is 57.7 Å². The van der Waals surface area contributed by atoms with E-state index in [1.807, 2.05) is 36.4 Å². The highest BCUT2D eigenvalue weighted by atomic mass is 16.5. The van der Waals surface area contributed by atoms with Crippen LogP contribution < -0.4 is 9.47 Å². The number of rotatable bonds is 5. The fourth-order valence-electron chi connectivity index (χ4n) is 2.72. The third-order valence-electron chi connectivity index (χ3n) is 3.88. The van der Waals surface area contributed by atoms with E-state index in [1.54, 1.807) is 33.3 Å². The highest BCUT2D eigenvalue weighted by molar-refractivity contribution is 6.00. The van der Waals surface area contributed by atoms with Crippen molar-refractivity contribution in [3.63, 3.8) is 0 Å². The van der Waals surface area contributed by atoms with Gasteiger partial charge in [-0.05, 0) is 30.2 Å². The summed E-state index contributed by atoms with van der Waals surface area (Å²) in [5, 5.41) is 0.872. The maximum atomic E-state index is 12.2. The number of carbonyl (C=O) groups excluding carboxylic acids is 1. The second kappa shape index (κ2) is 7.21. The van der Waals surface area contributed by atoms with Crippen LogP contribution >= 0.6 is 0 Å². The fourth-order valence-corrected chi connectivity index (χ4v) is 2.72. The van der Waals surface area contributed by atoms with Crippen LogP contribution in [-0.4, -0.2) is 31.8 Å². The Labute approximate surface area is 146 Å². The van der Waals surface area contributed by atoms with Crippen LogP contribution in [0.15, 0.2) is 48.5 Å². The summed E-state index contributed by atoms with van der Waals surface area (Å²) in [5.74, 6) is 0.719. The lowest BCUT2D eigenvalue weighted by atomic mass is 9.99. The minimum atomic E-state index is -0.448. The number of hydrogen-bond acceptors (Lipinski definition) is 5. The van der Waals surface area contributed by atoms with E-state index >= 15 is 0 Å². The van der Waals surface area contributed by atoms with Gasteiger partial charge in [0.2, 0.25) is 0 Å². The molecule has 5 heteroatoms. The molecule has 0 saturated heterocycles. The van der Waals surface area contributed by atoms with Crippen molar-refractivity contribution in [1.29, 1.82) is 0 Å². The van der Waals surface area contributed by atoms with Crippen molar-refractivity contribution < 1.29 is 19.0 Å². The first kappa shape index (κ1) is 16.8. The molecule has 1 aromatic heterocycles. The van der Waals surface area contributed by atoms with Gasteiger partial charge in [0.15, 0.2) is 11.5 Å². The van der Waals surface area contributed by atoms with Gasteiger partial charge in [-0.2, -0.15) is 0 Å². The van der Waals surface area contributed by atoms with Gasteiger partial charge in [-0.15, -0.1) is 0 Å². The molecule has 3 rings (SSSR count). The van der Waals surface area contributed by atoms with Gasteiger partial charge in [0.05, 0.1) is 26.3 Å². The number of esters is 1. The van der Waals surface area contributed by atoms with Crippen LogP contribution in [0.3, 0.4) is 0 Å². The number of hydrogen-bond donors (Lipinski definition) is 0. The van der Waals surface area contributed by atoms with E-state index in [0.717, 1.165) is 16.5 Å². The highest BCUT2D eigenvalue weighted by Crippen LogP contribution is 2.36. The molecule has 0 aliphatic heterocycles. The molecule has 0 unspecified atom stereocenters. The molecule has 0 saturated carbocycles. The first-order valence-electron chi connectivity index (χ1n) is 7.97. The Balaban J connectivity index is 2.31. The van der Waals surface area contributed by atoms with Gasteiger partial charge >= 0.3 is 5.97 Å². The zero-order chi connectivity index (χ0) is 17.8. The molecule has 0 radical (unpaired) electrons. The maximum absolute atomic E-state index is 12.2. The zero-order valence-electron chi connectivity index (χ0n) is 14.4. The minimum absolute atomic E-state index is 0.264. The summed E-state index contributed by atoms with van der Waals surface area (Å²) in [6, 6.07) is 15.2. The van der Waals surface area contributed by atoms with E-state index in [-0.39, 0.29) is 5.69 Å². The molecule has 0 aliphatic rings. The van der Waals surface area contributed by atoms with Crippen LogP contribution in [0.1, 0.15) is 17.4 Å². The number of fused-ring (bicyclic) bond motifs is 1. The summed E-state index contributed by atoms with van der Waals surface area (Å²) in [6.45, 7) is 2.07. The molecule has 128 valence electrons. The van der Waals surface area contributed by atoms with Crippen molar-refractivity contribution >= 4 is 16.9 Å². The number of benzene rings is 2. The first-order chi connectivity index (χ1) is 12.2. The van der Waals surface area contributed by atoms with Crippen molar-refractivity contribution in [1.82, 2.24) is 4.98 Å². The number of nitrogens with zero attached hydrogens (tertiary/aromatic N) is 1. The lowest BCUT2D eigenvalue weighted by Gasteiger charge is -2.13. The standard InChI is InChI=1S/C20H19NO4/c1-4-25-20(22)17-10-14(13-8-6-5-7-9-13)15-11-18(23-2)19(24-3)12-16(15)21-17/h5-12H,4H2,1-3H3. The maximum Gasteiger partial charge on any atom is 0.356 e. The average molecular weight is 337 g/mol. The molecule has 0 spiro atoms. The first-order valence-corrected chi connectivity index (χ1v) is 7.97. The van der Waals surface area contributed by atoms with Gasteiger partial charge < -0.3 is 14.2 Å². The van der Waals surface area contributed by atoms with Gasteiger partial charge in [0.1, 0.15) is 5.69 Å². The van der Waals surface area contributed by atoms with Crippen LogP contribution in [0.4, 0.5) is 0 Å². The molecule has 2 aromatic carbocycles. The van der Waals surface area contributed by atoms with Crippen molar-refractivity contribution in [2.24, 2.45) is 0 Å². The quantitative estimate of drug-likeness (QED) is 0.656. The van der Waals surface area contributed by atoms with Crippen LogP contribution in [0, 0.1) is 0 Å². The summed E-state index contributed by atoms with van der Waals surface area (Å²) in [5.41, 5.74) is 2.77. The third-order valence-corrected chi connectivity index (χ3v) is 3.88. The molecule has 25 heavy (non-hydrogen) atoms. The monoisotopic (exact) mass is 337 g/mol. The average Bonchev–Trinajstić information content (AvgIpc) is 2.66. The van der Waals surface area contributed by atoms with Gasteiger partial charge in [0, 0.05) is 11.5 Å². The summed E-state index contributed by atoms with van der Waals surface area (Å²) < 4.78 is 15.9. The van der Waals surface area contributed by atoms with Crippen molar-refractivity contribution in [2.45, 2.75) is 6.92 Å². The molecule has 1 heterocycles. The number of pyridine rings is 1. The largest absolute Gasteiger partial charge is 0.493 e. The van der Waals surface area contributed by atoms with Crippen molar-refractivity contribution in [3.8, 4) is 22.6 Å². The highest BCUT2D eigenvalue weighted by Gasteiger charge is 2.17. The van der Waals surface area contributed by atoms with Crippen molar-refractivity contribution in [3.05, 3.63) is 54.2 Å². The summed E-state index contributed by atoms with van der Waals surface area (Å²) >= 11 is 0. The molecule has 3 aromatic rings. The molecular weight excluding hydrogens is 318 g/mol. The van der Waals surface area contributed by atoms with Crippen LogP contribution in [-0.2, 0) is 4.74 Å². The summed E-state index contributed by atoms with van der Waals surface area (Å²) in [7, 11) is 3.16. The molecule has 0 amide bonds. The molecular formula is C20H19NO4. The van der Waals surface area contributed by atoms with E-state index in [1.165, 1.54) is 0 Å². The van der Waals surface area contributed by atoms with Crippen LogP contribution in [0.2, 0.25) is 0 Å². The molecule has 5 nitrogen and oxygen atoms in total. The molecule has 0 atom stereocenters. The second-order valence-corrected chi connectivity index (χ2v) is 5.37. The zero-order valence-corrected chi connectivity index (χ0v) is 14.4.